The molecule has 0 saturated carbocycles. The largest absolute Gasteiger partial charge is 0.464 e. The summed E-state index contributed by atoms with van der Waals surface area (Å²) in [6.45, 7) is 17.3. The molecule has 10 nitrogen and oxygen atoms in total. The van der Waals surface area contributed by atoms with E-state index in [1.165, 1.54) is 18.2 Å². The normalized spacial score (nSPS) is 16.1. The summed E-state index contributed by atoms with van der Waals surface area (Å²) in [5.41, 5.74) is 1.53. The molecule has 1 amide bonds. The van der Waals surface area contributed by atoms with Crippen LogP contribution in [0.5, 0.6) is 0 Å². The van der Waals surface area contributed by atoms with Crippen LogP contribution in [0.1, 0.15) is 108 Å². The number of aryl methyl sites for hydroxylation is 1. The lowest BCUT2D eigenvalue weighted by Gasteiger charge is -2.40. The molecule has 3 aromatic rings. The molecule has 0 radical (unpaired) electrons. The van der Waals surface area contributed by atoms with Gasteiger partial charge in [0.25, 0.3) is 5.91 Å². The first-order valence-corrected chi connectivity index (χ1v) is 18.2. The summed E-state index contributed by atoms with van der Waals surface area (Å²) in [7, 11) is 0. The smallest absolute Gasteiger partial charge is 0.340 e. The maximum absolute atomic E-state index is 13.5. The quantitative estimate of drug-likeness (QED) is 0.133. The number of hydrogen-bond acceptors (Lipinski definition) is 8. The van der Waals surface area contributed by atoms with Crippen molar-refractivity contribution in [3.05, 3.63) is 69.2 Å². The van der Waals surface area contributed by atoms with Gasteiger partial charge in [-0.25, -0.2) is 14.2 Å². The van der Waals surface area contributed by atoms with Gasteiger partial charge in [0.2, 0.25) is 0 Å². The van der Waals surface area contributed by atoms with Gasteiger partial charge in [0.15, 0.2) is 23.2 Å². The number of allylic oxidation sites excluding steroid dienone is 2. The van der Waals surface area contributed by atoms with Crippen molar-refractivity contribution >= 4 is 45.1 Å². The monoisotopic (exact) mass is 755 g/mol. The van der Waals surface area contributed by atoms with Crippen LogP contribution in [-0.4, -0.2) is 64.1 Å². The summed E-state index contributed by atoms with van der Waals surface area (Å²) in [5, 5.41) is 7.36. The van der Waals surface area contributed by atoms with Crippen LogP contribution in [-0.2, 0) is 25.5 Å². The molecule has 3 heterocycles. The van der Waals surface area contributed by atoms with Crippen LogP contribution >= 0.6 is 15.9 Å². The highest BCUT2D eigenvalue weighted by Crippen LogP contribution is 2.40. The first-order chi connectivity index (χ1) is 23.5. The SMILES string of the molecule is CCOC(=O)C(OC(C)(C)C)c1c(C)nc2cc(C(=O)NCC(=O)Cc3ccc(F)cc3Br)nn2c1N1CCC(C)(C=CCC(C)CC)CC1. The molecule has 50 heavy (non-hydrogen) atoms. The number of nitrogens with zero attached hydrogens (tertiary/aromatic N) is 4. The van der Waals surface area contributed by atoms with E-state index in [4.69, 9.17) is 19.6 Å². The average Bonchev–Trinajstić information content (AvgIpc) is 3.47. The zero-order valence-corrected chi connectivity index (χ0v) is 32.2. The molecule has 2 aromatic heterocycles. The Hall–Kier alpha value is -3.64. The van der Waals surface area contributed by atoms with E-state index in [9.17, 15) is 18.8 Å². The number of benzene rings is 1. The average molecular weight is 757 g/mol. The highest BCUT2D eigenvalue weighted by molar-refractivity contribution is 9.10. The Kier molecular flexibility index (Phi) is 13.0. The Balaban J connectivity index is 1.69. The number of ketones is 1. The van der Waals surface area contributed by atoms with Gasteiger partial charge in [0.1, 0.15) is 11.6 Å². The molecule has 2 atom stereocenters. The Morgan fingerprint density at radius 1 is 1.16 bits per heavy atom. The van der Waals surface area contributed by atoms with Crippen LogP contribution in [0, 0.1) is 24.1 Å². The van der Waals surface area contributed by atoms with Gasteiger partial charge in [-0.2, -0.15) is 9.61 Å². The zero-order valence-electron chi connectivity index (χ0n) is 30.6. The molecule has 1 aromatic carbocycles. The van der Waals surface area contributed by atoms with E-state index in [2.05, 4.69) is 59.1 Å². The minimum absolute atomic E-state index is 0.0129. The van der Waals surface area contributed by atoms with Crippen LogP contribution in [0.25, 0.3) is 5.65 Å². The third-order valence-electron chi connectivity index (χ3n) is 9.08. The van der Waals surface area contributed by atoms with E-state index in [0.717, 1.165) is 25.7 Å². The number of fused-ring (bicyclic) bond motifs is 1. The van der Waals surface area contributed by atoms with Gasteiger partial charge in [-0.05, 0) is 82.9 Å². The molecule has 1 aliphatic rings. The van der Waals surface area contributed by atoms with Crippen molar-refractivity contribution in [2.24, 2.45) is 11.3 Å². The number of carbonyl (C=O) groups is 3. The molecule has 2 unspecified atom stereocenters. The number of hydrogen-bond donors (Lipinski definition) is 1. The molecular weight excluding hydrogens is 705 g/mol. The lowest BCUT2D eigenvalue weighted by atomic mass is 9.79. The summed E-state index contributed by atoms with van der Waals surface area (Å²) in [6.07, 6.45) is 7.51. The number of rotatable bonds is 14. The Morgan fingerprint density at radius 3 is 2.48 bits per heavy atom. The van der Waals surface area contributed by atoms with E-state index in [0.29, 0.717) is 51.8 Å². The number of ether oxygens (including phenoxy) is 2. The molecular formula is C38H51BrFN5O5. The molecule has 12 heteroatoms. The van der Waals surface area contributed by atoms with Crippen LogP contribution in [0.4, 0.5) is 10.2 Å². The van der Waals surface area contributed by atoms with E-state index < -0.39 is 29.4 Å². The van der Waals surface area contributed by atoms with Crippen LogP contribution in [0.3, 0.4) is 0 Å². The number of carbonyl (C=O) groups excluding carboxylic acids is 3. The number of aromatic nitrogens is 3. The lowest BCUT2D eigenvalue weighted by molar-refractivity contribution is -0.166. The molecule has 0 bridgehead atoms. The first kappa shape index (κ1) is 39.2. The van der Waals surface area contributed by atoms with Crippen molar-refractivity contribution in [1.82, 2.24) is 19.9 Å². The van der Waals surface area contributed by atoms with E-state index in [1.54, 1.807) is 17.5 Å². The third kappa shape index (κ3) is 9.99. The summed E-state index contributed by atoms with van der Waals surface area (Å²) in [5.74, 6) is -0.480. The number of piperidine rings is 1. The van der Waals surface area contributed by atoms with E-state index in [1.807, 2.05) is 27.7 Å². The molecule has 1 saturated heterocycles. The number of halogens is 2. The standard InChI is InChI=1S/C38H51BrFN5O5/c1-9-24(3)12-11-15-38(8)16-18-44(19-17-38)35-32(33(36(48)49-10-2)50-37(5,6)7)25(4)42-31-22-30(43-45(31)35)34(47)41-23-28(46)20-26-13-14-27(40)21-29(26)39/h11,13-15,21-22,24,33H,9-10,12,16-20,23H2,1-8H3,(H,41,47). The predicted molar refractivity (Wildman–Crippen MR) is 196 cm³/mol. The highest BCUT2D eigenvalue weighted by atomic mass is 79.9. The van der Waals surface area contributed by atoms with Gasteiger partial charge in [-0.3, -0.25) is 9.59 Å². The van der Waals surface area contributed by atoms with E-state index >= 15 is 0 Å². The van der Waals surface area contributed by atoms with Crippen molar-refractivity contribution in [1.29, 1.82) is 0 Å². The number of esters is 1. The summed E-state index contributed by atoms with van der Waals surface area (Å²) >= 11 is 3.29. The molecule has 272 valence electrons. The van der Waals surface area contributed by atoms with Crippen molar-refractivity contribution in [2.75, 3.05) is 31.1 Å². The topological polar surface area (TPSA) is 115 Å². The highest BCUT2D eigenvalue weighted by Gasteiger charge is 2.37. The fourth-order valence-electron chi connectivity index (χ4n) is 5.99. The van der Waals surface area contributed by atoms with Gasteiger partial charge >= 0.3 is 5.97 Å². The lowest BCUT2D eigenvalue weighted by Crippen LogP contribution is -2.40. The number of Topliss-reactive ketones (excluding diaryl/α,β-unsaturated/α-hetero) is 1. The molecule has 0 aliphatic carbocycles. The van der Waals surface area contributed by atoms with Crippen molar-refractivity contribution < 1.29 is 28.2 Å². The Bertz CT molecular complexity index is 1720. The summed E-state index contributed by atoms with van der Waals surface area (Å²) in [4.78, 5) is 46.6. The van der Waals surface area contributed by atoms with Crippen LogP contribution < -0.4 is 10.2 Å². The summed E-state index contributed by atoms with van der Waals surface area (Å²) in [6, 6.07) is 5.70. The van der Waals surface area contributed by atoms with Gasteiger partial charge in [-0.15, -0.1) is 0 Å². The Labute approximate surface area is 303 Å². The second kappa shape index (κ2) is 16.6. The minimum atomic E-state index is -1.09. The number of anilines is 1. The second-order valence-corrected chi connectivity index (χ2v) is 15.4. The van der Waals surface area contributed by atoms with Crippen molar-refractivity contribution in [2.45, 2.75) is 99.2 Å². The zero-order chi connectivity index (χ0) is 36.8. The maximum atomic E-state index is 13.5. The van der Waals surface area contributed by atoms with Crippen LogP contribution in [0.2, 0.25) is 0 Å². The molecule has 4 rings (SSSR count). The minimum Gasteiger partial charge on any atom is -0.464 e. The molecule has 1 N–H and O–H groups in total. The first-order valence-electron chi connectivity index (χ1n) is 17.4. The van der Waals surface area contributed by atoms with Crippen molar-refractivity contribution in [3.8, 4) is 0 Å². The van der Waals surface area contributed by atoms with E-state index in [-0.39, 0.29) is 36.5 Å². The van der Waals surface area contributed by atoms with Gasteiger partial charge in [-0.1, -0.05) is 61.3 Å². The molecule has 1 aliphatic heterocycles. The Morgan fingerprint density at radius 2 is 1.86 bits per heavy atom. The maximum Gasteiger partial charge on any atom is 0.340 e. The summed E-state index contributed by atoms with van der Waals surface area (Å²) < 4.78 is 27.5. The predicted octanol–water partition coefficient (Wildman–Crippen LogP) is 7.50. The second-order valence-electron chi connectivity index (χ2n) is 14.5. The fourth-order valence-corrected chi connectivity index (χ4v) is 6.48. The van der Waals surface area contributed by atoms with Crippen LogP contribution in [0.15, 0.2) is 40.9 Å². The van der Waals surface area contributed by atoms with Gasteiger partial charge in [0, 0.05) is 35.7 Å². The number of nitrogens with one attached hydrogen (secondary N) is 1. The third-order valence-corrected chi connectivity index (χ3v) is 9.82. The van der Waals surface area contributed by atoms with Crippen molar-refractivity contribution in [3.63, 3.8) is 0 Å². The fraction of sp³-hybridized carbons (Fsp3) is 0.553. The van der Waals surface area contributed by atoms with Gasteiger partial charge in [0.05, 0.1) is 24.3 Å². The number of amides is 1. The molecule has 1 fully saturated rings. The molecule has 0 spiro atoms. The van der Waals surface area contributed by atoms with Gasteiger partial charge < -0.3 is 19.7 Å².